The minimum absolute atomic E-state index is 0.495. The maximum absolute atomic E-state index is 11.8. The molecule has 220 valence electrons. The van der Waals surface area contributed by atoms with Crippen LogP contribution in [0.15, 0.2) is 54.6 Å². The molecule has 0 saturated carbocycles. The number of carboxylic acids is 1. The lowest BCUT2D eigenvalue weighted by atomic mass is 9.79. The molecule has 0 aliphatic rings. The smallest absolute Gasteiger partial charge is 0.309 e. The van der Waals surface area contributed by atoms with Crippen molar-refractivity contribution in [1.82, 2.24) is 4.98 Å². The van der Waals surface area contributed by atoms with E-state index in [1.54, 1.807) is 7.11 Å². The molecule has 1 heterocycles. The number of unbranched alkanes of at least 4 members (excludes halogenated alkanes) is 1. The van der Waals surface area contributed by atoms with Gasteiger partial charge >= 0.3 is 5.97 Å². The SMILES string of the molecule is CCC(CC)(CCNc1cccc(C=Cc2cccc(COCCCCc3cc(C)c(OC)c(C)c3)n2)c1)C(=O)O. The first-order valence-electron chi connectivity index (χ1n) is 14.7. The highest BCUT2D eigenvalue weighted by atomic mass is 16.5. The van der Waals surface area contributed by atoms with Crippen LogP contribution < -0.4 is 10.1 Å². The van der Waals surface area contributed by atoms with E-state index < -0.39 is 11.4 Å². The van der Waals surface area contributed by atoms with Crippen molar-refractivity contribution in [3.05, 3.63) is 88.2 Å². The first-order valence-corrected chi connectivity index (χ1v) is 14.7. The largest absolute Gasteiger partial charge is 0.496 e. The highest BCUT2D eigenvalue weighted by Crippen LogP contribution is 2.31. The first kappa shape index (κ1) is 31.9. The Balaban J connectivity index is 1.44. The van der Waals surface area contributed by atoms with Crippen molar-refractivity contribution in [1.29, 1.82) is 0 Å². The van der Waals surface area contributed by atoms with Crippen LogP contribution in [-0.2, 0) is 22.6 Å². The van der Waals surface area contributed by atoms with Crippen molar-refractivity contribution < 1.29 is 19.4 Å². The standard InChI is InChI=1S/C35H46N2O4/c1-6-35(7-2,34(38)39)19-20-36-31-15-10-13-28(24-31)17-18-30-14-11-16-32(37-30)25-41-21-9-8-12-29-22-26(3)33(40-5)27(4)23-29/h10-11,13-18,22-24,36H,6-9,12,19-21,25H2,1-5H3,(H,38,39). The van der Waals surface area contributed by atoms with Crippen molar-refractivity contribution in [2.45, 2.75) is 72.8 Å². The van der Waals surface area contributed by atoms with Gasteiger partial charge in [0.05, 0.1) is 30.5 Å². The Kier molecular flexibility index (Phi) is 12.4. The lowest BCUT2D eigenvalue weighted by Gasteiger charge is -2.26. The third kappa shape index (κ3) is 9.46. The highest BCUT2D eigenvalue weighted by Gasteiger charge is 2.34. The van der Waals surface area contributed by atoms with E-state index in [4.69, 9.17) is 14.5 Å². The van der Waals surface area contributed by atoms with E-state index in [2.05, 4.69) is 37.4 Å². The monoisotopic (exact) mass is 558 g/mol. The van der Waals surface area contributed by atoms with Crippen LogP contribution in [0.25, 0.3) is 12.2 Å². The number of nitrogens with zero attached hydrogens (tertiary/aromatic N) is 1. The van der Waals surface area contributed by atoms with Gasteiger partial charge in [-0.3, -0.25) is 9.78 Å². The molecule has 6 heteroatoms. The maximum Gasteiger partial charge on any atom is 0.309 e. The molecule has 41 heavy (non-hydrogen) atoms. The fourth-order valence-electron chi connectivity index (χ4n) is 5.28. The molecule has 2 N–H and O–H groups in total. The van der Waals surface area contributed by atoms with Crippen molar-refractivity contribution in [3.63, 3.8) is 0 Å². The topological polar surface area (TPSA) is 80.7 Å². The van der Waals surface area contributed by atoms with Crippen LogP contribution in [0, 0.1) is 19.3 Å². The fraction of sp³-hybridized carbons (Fsp3) is 0.429. The molecule has 2 aromatic carbocycles. The molecule has 0 saturated heterocycles. The Bertz CT molecular complexity index is 1270. The summed E-state index contributed by atoms with van der Waals surface area (Å²) >= 11 is 0. The van der Waals surface area contributed by atoms with E-state index in [1.807, 2.05) is 62.4 Å². The quantitative estimate of drug-likeness (QED) is 0.163. The zero-order chi connectivity index (χ0) is 29.7. The lowest BCUT2D eigenvalue weighted by molar-refractivity contribution is -0.149. The summed E-state index contributed by atoms with van der Waals surface area (Å²) < 4.78 is 11.4. The van der Waals surface area contributed by atoms with Gasteiger partial charge in [0.25, 0.3) is 0 Å². The lowest BCUT2D eigenvalue weighted by Crippen LogP contribution is -2.31. The molecule has 3 rings (SSSR count). The summed E-state index contributed by atoms with van der Waals surface area (Å²) in [5, 5.41) is 13.1. The third-order valence-electron chi connectivity index (χ3n) is 7.88. The molecule has 0 aliphatic heterocycles. The molecule has 1 aromatic heterocycles. The van der Waals surface area contributed by atoms with Crippen LogP contribution in [0.4, 0.5) is 5.69 Å². The molecule has 6 nitrogen and oxygen atoms in total. The Labute approximate surface area is 245 Å². The Morgan fingerprint density at radius 3 is 2.41 bits per heavy atom. The molecule has 3 aromatic rings. The van der Waals surface area contributed by atoms with E-state index >= 15 is 0 Å². The summed E-state index contributed by atoms with van der Waals surface area (Å²) in [7, 11) is 1.72. The zero-order valence-corrected chi connectivity index (χ0v) is 25.3. The van der Waals surface area contributed by atoms with Crippen molar-refractivity contribution >= 4 is 23.8 Å². The van der Waals surface area contributed by atoms with E-state index in [1.165, 1.54) is 16.7 Å². The van der Waals surface area contributed by atoms with Gasteiger partial charge in [-0.1, -0.05) is 50.3 Å². The number of carboxylic acid groups (broad SMARTS) is 1. The molecule has 0 radical (unpaired) electrons. The molecule has 0 spiro atoms. The number of rotatable bonds is 17. The number of hydrogen-bond acceptors (Lipinski definition) is 5. The Hall–Kier alpha value is -3.64. The summed E-state index contributed by atoms with van der Waals surface area (Å²) in [6, 6.07) is 18.5. The molecule has 0 fully saturated rings. The molecule has 0 amide bonds. The molecular weight excluding hydrogens is 512 g/mol. The van der Waals surface area contributed by atoms with Gasteiger partial charge in [0, 0.05) is 18.8 Å². The van der Waals surface area contributed by atoms with Crippen LogP contribution in [0.5, 0.6) is 5.75 Å². The molecule has 0 atom stereocenters. The number of aliphatic carboxylic acids is 1. The summed E-state index contributed by atoms with van der Waals surface area (Å²) in [6.45, 7) is 9.91. The zero-order valence-electron chi connectivity index (χ0n) is 25.3. The number of hydrogen-bond donors (Lipinski definition) is 2. The second-order valence-electron chi connectivity index (χ2n) is 10.8. The average molecular weight is 559 g/mol. The highest BCUT2D eigenvalue weighted by molar-refractivity contribution is 5.74. The number of aryl methyl sites for hydroxylation is 3. The van der Waals surface area contributed by atoms with E-state index in [0.717, 1.165) is 47.7 Å². The predicted molar refractivity (Wildman–Crippen MR) is 168 cm³/mol. The van der Waals surface area contributed by atoms with E-state index in [9.17, 15) is 9.90 Å². The van der Waals surface area contributed by atoms with Crippen LogP contribution in [0.3, 0.4) is 0 Å². The van der Waals surface area contributed by atoms with Gasteiger partial charge in [0.15, 0.2) is 0 Å². The Morgan fingerprint density at radius 2 is 1.73 bits per heavy atom. The molecule has 0 bridgehead atoms. The van der Waals surface area contributed by atoms with E-state index in [0.29, 0.717) is 39.0 Å². The number of pyridine rings is 1. The van der Waals surface area contributed by atoms with Gasteiger partial charge in [0.2, 0.25) is 0 Å². The van der Waals surface area contributed by atoms with Gasteiger partial charge in [0.1, 0.15) is 5.75 Å². The van der Waals surface area contributed by atoms with Gasteiger partial charge in [-0.25, -0.2) is 0 Å². The minimum Gasteiger partial charge on any atom is -0.496 e. The van der Waals surface area contributed by atoms with E-state index in [-0.39, 0.29) is 0 Å². The van der Waals surface area contributed by atoms with Crippen molar-refractivity contribution in [3.8, 4) is 5.75 Å². The Morgan fingerprint density at radius 1 is 1.00 bits per heavy atom. The van der Waals surface area contributed by atoms with Crippen LogP contribution in [0.2, 0.25) is 0 Å². The van der Waals surface area contributed by atoms with Crippen molar-refractivity contribution in [2.75, 3.05) is 25.6 Å². The number of ether oxygens (including phenoxy) is 2. The number of benzene rings is 2. The fourth-order valence-corrected chi connectivity index (χ4v) is 5.28. The summed E-state index contributed by atoms with van der Waals surface area (Å²) in [5.74, 6) is 0.267. The van der Waals surface area contributed by atoms with Crippen LogP contribution in [0.1, 0.15) is 79.6 Å². The minimum atomic E-state index is -0.712. The van der Waals surface area contributed by atoms with Crippen LogP contribution in [-0.4, -0.2) is 36.3 Å². The number of anilines is 1. The number of carbonyl (C=O) groups is 1. The normalized spacial score (nSPS) is 11.6. The van der Waals surface area contributed by atoms with Gasteiger partial charge < -0.3 is 19.9 Å². The second-order valence-corrected chi connectivity index (χ2v) is 10.8. The van der Waals surface area contributed by atoms with Gasteiger partial charge in [-0.2, -0.15) is 0 Å². The van der Waals surface area contributed by atoms with Gasteiger partial charge in [-0.15, -0.1) is 0 Å². The number of aromatic nitrogens is 1. The van der Waals surface area contributed by atoms with Gasteiger partial charge in [-0.05, 0) is 105 Å². The summed E-state index contributed by atoms with van der Waals surface area (Å²) in [6.07, 6.45) is 9.01. The van der Waals surface area contributed by atoms with Crippen LogP contribution >= 0.6 is 0 Å². The third-order valence-corrected chi connectivity index (χ3v) is 7.88. The second kappa shape index (κ2) is 16.0. The molecule has 0 unspecified atom stereocenters. The maximum atomic E-state index is 11.8. The molecule has 0 aliphatic carbocycles. The molecular formula is C35H46N2O4. The summed E-state index contributed by atoms with van der Waals surface area (Å²) in [5.41, 5.74) is 6.88. The first-order chi connectivity index (χ1) is 19.8. The predicted octanol–water partition coefficient (Wildman–Crippen LogP) is 8.11. The average Bonchev–Trinajstić information content (AvgIpc) is 2.96. The number of nitrogens with one attached hydrogen (secondary N) is 1. The summed E-state index contributed by atoms with van der Waals surface area (Å²) in [4.78, 5) is 16.5. The number of methoxy groups -OCH3 is 1. The van der Waals surface area contributed by atoms with Crippen molar-refractivity contribution in [2.24, 2.45) is 5.41 Å².